The van der Waals surface area contributed by atoms with Crippen molar-refractivity contribution in [1.29, 1.82) is 0 Å². The van der Waals surface area contributed by atoms with E-state index in [1.54, 1.807) is 12.3 Å². The fourth-order valence-electron chi connectivity index (χ4n) is 2.40. The van der Waals surface area contributed by atoms with Crippen LogP contribution in [-0.4, -0.2) is 23.1 Å². The van der Waals surface area contributed by atoms with Crippen LogP contribution in [-0.2, 0) is 0 Å². The van der Waals surface area contributed by atoms with E-state index < -0.39 is 0 Å². The number of ether oxygens (including phenoxy) is 1. The van der Waals surface area contributed by atoms with Gasteiger partial charge in [0, 0.05) is 18.8 Å². The fourth-order valence-corrected chi connectivity index (χ4v) is 2.40. The minimum atomic E-state index is 0.662. The van der Waals surface area contributed by atoms with Crippen LogP contribution in [0.1, 0.15) is 45.4 Å². The third-order valence-electron chi connectivity index (χ3n) is 3.39. The van der Waals surface area contributed by atoms with Gasteiger partial charge in [-0.3, -0.25) is 0 Å². The maximum absolute atomic E-state index is 5.48. The molecule has 0 amide bonds. The van der Waals surface area contributed by atoms with E-state index in [-0.39, 0.29) is 0 Å². The number of aromatic nitrogens is 2. The molecule has 1 aromatic rings. The Bertz CT molecular complexity index is 351. The summed E-state index contributed by atoms with van der Waals surface area (Å²) in [6.45, 7) is 3.75. The molecule has 4 heteroatoms. The van der Waals surface area contributed by atoms with Crippen molar-refractivity contribution in [3.63, 3.8) is 0 Å². The molecule has 1 aliphatic carbocycles. The first-order chi connectivity index (χ1) is 8.88. The lowest BCUT2D eigenvalue weighted by Gasteiger charge is -2.10. The molecule has 1 aromatic heterocycles. The minimum absolute atomic E-state index is 0.662. The summed E-state index contributed by atoms with van der Waals surface area (Å²) in [5.74, 6) is 2.24. The van der Waals surface area contributed by atoms with E-state index in [0.717, 1.165) is 18.9 Å². The zero-order valence-electron chi connectivity index (χ0n) is 11.2. The summed E-state index contributed by atoms with van der Waals surface area (Å²) < 4.78 is 5.48. The average molecular weight is 249 g/mol. The number of nitrogens with zero attached hydrogens (tertiary/aromatic N) is 2. The fraction of sp³-hybridized carbons (Fsp3) is 0.714. The largest absolute Gasteiger partial charge is 0.478 e. The lowest BCUT2D eigenvalue weighted by Crippen LogP contribution is -2.09. The van der Waals surface area contributed by atoms with E-state index in [9.17, 15) is 0 Å². The van der Waals surface area contributed by atoms with Crippen LogP contribution >= 0.6 is 0 Å². The van der Waals surface area contributed by atoms with Gasteiger partial charge in [-0.15, -0.1) is 0 Å². The number of hydrogen-bond acceptors (Lipinski definition) is 4. The summed E-state index contributed by atoms with van der Waals surface area (Å²) in [6, 6.07) is 1.80. The number of rotatable bonds is 7. The molecule has 1 heterocycles. The quantitative estimate of drug-likeness (QED) is 0.805. The van der Waals surface area contributed by atoms with Gasteiger partial charge in [0.1, 0.15) is 0 Å². The Hall–Kier alpha value is -1.32. The van der Waals surface area contributed by atoms with E-state index in [1.165, 1.54) is 32.1 Å². The standard InChI is InChI=1S/C14H23N3O/c1-2-11-18-13-8-10-16-14(17-13)15-9-7-12-5-3-4-6-12/h8,10,12H,2-7,9,11H2,1H3,(H,15,16,17). The predicted molar refractivity (Wildman–Crippen MR) is 72.9 cm³/mol. The predicted octanol–water partition coefficient (Wildman–Crippen LogP) is 3.26. The molecule has 18 heavy (non-hydrogen) atoms. The first kappa shape index (κ1) is 13.1. The first-order valence-corrected chi connectivity index (χ1v) is 7.08. The number of nitrogens with one attached hydrogen (secondary N) is 1. The van der Waals surface area contributed by atoms with Crippen molar-refractivity contribution in [3.05, 3.63) is 12.3 Å². The highest BCUT2D eigenvalue weighted by molar-refractivity contribution is 5.27. The van der Waals surface area contributed by atoms with Crippen LogP contribution in [0.5, 0.6) is 5.88 Å². The SMILES string of the molecule is CCCOc1ccnc(NCCC2CCCC2)n1. The molecular weight excluding hydrogens is 226 g/mol. The average Bonchev–Trinajstić information content (AvgIpc) is 2.90. The normalized spacial score (nSPS) is 15.8. The van der Waals surface area contributed by atoms with Gasteiger partial charge in [0.25, 0.3) is 0 Å². The van der Waals surface area contributed by atoms with E-state index in [4.69, 9.17) is 4.74 Å². The maximum atomic E-state index is 5.48. The zero-order valence-corrected chi connectivity index (χ0v) is 11.2. The molecule has 1 N–H and O–H groups in total. The third kappa shape index (κ3) is 4.17. The molecule has 1 fully saturated rings. The molecule has 2 rings (SSSR count). The van der Waals surface area contributed by atoms with Crippen molar-refractivity contribution in [2.45, 2.75) is 45.4 Å². The molecule has 1 aliphatic rings. The molecule has 4 nitrogen and oxygen atoms in total. The summed E-state index contributed by atoms with van der Waals surface area (Å²) >= 11 is 0. The van der Waals surface area contributed by atoms with E-state index in [1.807, 2.05) is 0 Å². The van der Waals surface area contributed by atoms with Crippen LogP contribution < -0.4 is 10.1 Å². The van der Waals surface area contributed by atoms with Crippen molar-refractivity contribution in [3.8, 4) is 5.88 Å². The highest BCUT2D eigenvalue weighted by Gasteiger charge is 2.14. The molecule has 0 unspecified atom stereocenters. The molecule has 0 bridgehead atoms. The van der Waals surface area contributed by atoms with Gasteiger partial charge in [-0.1, -0.05) is 32.6 Å². The van der Waals surface area contributed by atoms with Crippen LogP contribution in [0.25, 0.3) is 0 Å². The molecule has 0 radical (unpaired) electrons. The van der Waals surface area contributed by atoms with Gasteiger partial charge in [-0.05, 0) is 18.8 Å². The zero-order chi connectivity index (χ0) is 12.6. The van der Waals surface area contributed by atoms with E-state index in [2.05, 4.69) is 22.2 Å². The highest BCUT2D eigenvalue weighted by atomic mass is 16.5. The molecule has 0 saturated heterocycles. The van der Waals surface area contributed by atoms with Gasteiger partial charge in [0.05, 0.1) is 6.61 Å². The van der Waals surface area contributed by atoms with Gasteiger partial charge in [-0.2, -0.15) is 4.98 Å². The number of hydrogen-bond donors (Lipinski definition) is 1. The van der Waals surface area contributed by atoms with Crippen LogP contribution in [0.15, 0.2) is 12.3 Å². The Morgan fingerprint density at radius 2 is 2.22 bits per heavy atom. The second-order valence-corrected chi connectivity index (χ2v) is 4.93. The molecule has 100 valence electrons. The highest BCUT2D eigenvalue weighted by Crippen LogP contribution is 2.27. The van der Waals surface area contributed by atoms with Crippen molar-refractivity contribution in [2.75, 3.05) is 18.5 Å². The summed E-state index contributed by atoms with van der Waals surface area (Å²) in [5, 5.41) is 3.29. The summed E-state index contributed by atoms with van der Waals surface area (Å²) in [6.07, 6.45) is 9.56. The Morgan fingerprint density at radius 3 is 3.00 bits per heavy atom. The van der Waals surface area contributed by atoms with Crippen LogP contribution in [0.4, 0.5) is 5.95 Å². The van der Waals surface area contributed by atoms with Crippen LogP contribution in [0.3, 0.4) is 0 Å². The Kier molecular flexibility index (Phi) is 5.24. The molecule has 0 aliphatic heterocycles. The van der Waals surface area contributed by atoms with Crippen molar-refractivity contribution in [2.24, 2.45) is 5.92 Å². The van der Waals surface area contributed by atoms with Crippen molar-refractivity contribution in [1.82, 2.24) is 9.97 Å². The second-order valence-electron chi connectivity index (χ2n) is 4.93. The van der Waals surface area contributed by atoms with E-state index >= 15 is 0 Å². The summed E-state index contributed by atoms with van der Waals surface area (Å²) in [5.41, 5.74) is 0. The van der Waals surface area contributed by atoms with E-state index in [0.29, 0.717) is 18.4 Å². The van der Waals surface area contributed by atoms with Crippen LogP contribution in [0.2, 0.25) is 0 Å². The van der Waals surface area contributed by atoms with Crippen molar-refractivity contribution >= 4 is 5.95 Å². The van der Waals surface area contributed by atoms with Crippen LogP contribution in [0, 0.1) is 5.92 Å². The molecule has 0 aromatic carbocycles. The smallest absolute Gasteiger partial charge is 0.225 e. The minimum Gasteiger partial charge on any atom is -0.478 e. The second kappa shape index (κ2) is 7.19. The van der Waals surface area contributed by atoms with Gasteiger partial charge < -0.3 is 10.1 Å². The molecule has 1 saturated carbocycles. The maximum Gasteiger partial charge on any atom is 0.225 e. The topological polar surface area (TPSA) is 47.0 Å². The lowest BCUT2D eigenvalue weighted by atomic mass is 10.0. The molecular formula is C14H23N3O. The Balaban J connectivity index is 1.74. The van der Waals surface area contributed by atoms with Gasteiger partial charge in [0.15, 0.2) is 0 Å². The Labute approximate surface area is 109 Å². The Morgan fingerprint density at radius 1 is 1.39 bits per heavy atom. The first-order valence-electron chi connectivity index (χ1n) is 7.08. The van der Waals surface area contributed by atoms with Crippen molar-refractivity contribution < 1.29 is 4.74 Å². The number of anilines is 1. The van der Waals surface area contributed by atoms with Gasteiger partial charge in [-0.25, -0.2) is 4.98 Å². The van der Waals surface area contributed by atoms with Gasteiger partial charge >= 0.3 is 0 Å². The van der Waals surface area contributed by atoms with Gasteiger partial charge in [0.2, 0.25) is 11.8 Å². The summed E-state index contributed by atoms with van der Waals surface area (Å²) in [4.78, 5) is 8.54. The monoisotopic (exact) mass is 249 g/mol. The summed E-state index contributed by atoms with van der Waals surface area (Å²) in [7, 11) is 0. The molecule has 0 spiro atoms. The molecule has 0 atom stereocenters. The third-order valence-corrected chi connectivity index (χ3v) is 3.39. The lowest BCUT2D eigenvalue weighted by molar-refractivity contribution is 0.305.